The molecule has 2 saturated carbocycles. The molecule has 4 atom stereocenters. The van der Waals surface area contributed by atoms with Crippen LogP contribution in [0.15, 0.2) is 78.9 Å². The molecule has 0 saturated heterocycles. The summed E-state index contributed by atoms with van der Waals surface area (Å²) >= 11 is 0. The Morgan fingerprint density at radius 3 is 2.17 bits per heavy atom. The SMILES string of the molecule is O=C(O)CCN(Cc1ccccc1)C(=O)C1C[C@H]2C[C@@H](NC(=O)OCC3c4ccccc4-c4ccccc43)[C@H]2C1. The Labute approximate surface area is 234 Å². The van der Waals surface area contributed by atoms with Crippen LogP contribution >= 0.6 is 0 Å². The van der Waals surface area contributed by atoms with Crippen molar-refractivity contribution >= 4 is 18.0 Å². The minimum atomic E-state index is -0.912. The van der Waals surface area contributed by atoms with Crippen molar-refractivity contribution in [3.63, 3.8) is 0 Å². The molecular weight excluding hydrogens is 504 g/mol. The maximum Gasteiger partial charge on any atom is 0.407 e. The normalized spacial score (nSPS) is 22.4. The third-order valence-corrected chi connectivity index (χ3v) is 8.94. The molecule has 3 aromatic carbocycles. The first-order chi connectivity index (χ1) is 19.5. The van der Waals surface area contributed by atoms with E-state index in [1.54, 1.807) is 4.90 Å². The largest absolute Gasteiger partial charge is 0.481 e. The van der Waals surface area contributed by atoms with E-state index in [4.69, 9.17) is 4.74 Å². The predicted molar refractivity (Wildman–Crippen MR) is 150 cm³/mol. The highest BCUT2D eigenvalue weighted by Gasteiger charge is 2.50. The van der Waals surface area contributed by atoms with Crippen LogP contribution in [0.3, 0.4) is 0 Å². The van der Waals surface area contributed by atoms with Gasteiger partial charge in [-0.2, -0.15) is 0 Å². The Hall–Kier alpha value is -4.13. The van der Waals surface area contributed by atoms with Crippen LogP contribution in [0, 0.1) is 17.8 Å². The van der Waals surface area contributed by atoms with Crippen LogP contribution in [-0.2, 0) is 20.9 Å². The minimum absolute atomic E-state index is 0.0000403. The number of fused-ring (bicyclic) bond motifs is 4. The summed E-state index contributed by atoms with van der Waals surface area (Å²) in [5, 5.41) is 12.3. The van der Waals surface area contributed by atoms with Crippen molar-refractivity contribution in [3.05, 3.63) is 95.6 Å². The fourth-order valence-electron chi connectivity index (χ4n) is 6.95. The molecule has 0 spiro atoms. The maximum atomic E-state index is 13.5. The number of carbonyl (C=O) groups is 3. The molecule has 0 radical (unpaired) electrons. The maximum absolute atomic E-state index is 13.5. The number of hydrogen-bond acceptors (Lipinski definition) is 4. The second kappa shape index (κ2) is 11.2. The lowest BCUT2D eigenvalue weighted by molar-refractivity contribution is -0.140. The Kier molecular flexibility index (Phi) is 7.29. The molecule has 2 fully saturated rings. The zero-order chi connectivity index (χ0) is 27.6. The van der Waals surface area contributed by atoms with Crippen LogP contribution in [0.25, 0.3) is 11.1 Å². The first-order valence-corrected chi connectivity index (χ1v) is 14.1. The molecule has 6 rings (SSSR count). The van der Waals surface area contributed by atoms with E-state index < -0.39 is 12.1 Å². The number of aliphatic carboxylic acids is 1. The summed E-state index contributed by atoms with van der Waals surface area (Å²) in [6, 6.07) is 26.2. The molecule has 7 nitrogen and oxygen atoms in total. The fraction of sp³-hybridized carbons (Fsp3) is 0.364. The number of nitrogens with one attached hydrogen (secondary N) is 1. The molecule has 2 N–H and O–H groups in total. The van der Waals surface area contributed by atoms with E-state index in [1.807, 2.05) is 54.6 Å². The lowest BCUT2D eigenvalue weighted by Gasteiger charge is -2.40. The quantitative estimate of drug-likeness (QED) is 0.378. The Bertz CT molecular complexity index is 1360. The summed E-state index contributed by atoms with van der Waals surface area (Å²) in [4.78, 5) is 39.2. The van der Waals surface area contributed by atoms with Gasteiger partial charge in [-0.05, 0) is 58.9 Å². The molecule has 3 aliphatic rings. The van der Waals surface area contributed by atoms with Gasteiger partial charge in [0.1, 0.15) is 6.61 Å². The number of carbonyl (C=O) groups excluding carboxylic acids is 2. The smallest absolute Gasteiger partial charge is 0.407 e. The van der Waals surface area contributed by atoms with Gasteiger partial charge in [0.05, 0.1) is 6.42 Å². The lowest BCUT2D eigenvalue weighted by atomic mass is 9.71. The van der Waals surface area contributed by atoms with Gasteiger partial charge < -0.3 is 20.1 Å². The van der Waals surface area contributed by atoms with Crippen molar-refractivity contribution in [3.8, 4) is 11.1 Å². The third kappa shape index (κ3) is 5.20. The van der Waals surface area contributed by atoms with E-state index in [2.05, 4.69) is 29.6 Å². The van der Waals surface area contributed by atoms with Crippen LogP contribution in [0.5, 0.6) is 0 Å². The standard InChI is InChI=1S/C33H34N2O5/c36-31(37)14-15-35(19-21-8-2-1-3-9-21)32(38)23-16-22-18-30(28(22)17-23)34-33(39)40-20-29-26-12-6-4-10-24(26)25-11-5-7-13-27(25)29/h1-13,22-23,28-30H,14-20H2,(H,34,39)(H,36,37)/t22-,23?,28-,30+/m0/s1. The molecule has 0 bridgehead atoms. The van der Waals surface area contributed by atoms with Gasteiger partial charge in [-0.3, -0.25) is 9.59 Å². The van der Waals surface area contributed by atoms with Crippen LogP contribution in [0.1, 0.15) is 48.3 Å². The Morgan fingerprint density at radius 1 is 0.850 bits per heavy atom. The van der Waals surface area contributed by atoms with E-state index in [0.717, 1.165) is 18.4 Å². The van der Waals surface area contributed by atoms with Crippen molar-refractivity contribution in [2.24, 2.45) is 17.8 Å². The van der Waals surface area contributed by atoms with Crippen molar-refractivity contribution in [2.45, 2.75) is 44.2 Å². The van der Waals surface area contributed by atoms with Crippen molar-refractivity contribution in [1.82, 2.24) is 10.2 Å². The Balaban J connectivity index is 1.04. The van der Waals surface area contributed by atoms with Crippen molar-refractivity contribution < 1.29 is 24.2 Å². The van der Waals surface area contributed by atoms with Gasteiger partial charge in [-0.25, -0.2) is 4.79 Å². The monoisotopic (exact) mass is 538 g/mol. The van der Waals surface area contributed by atoms with Crippen molar-refractivity contribution in [2.75, 3.05) is 13.2 Å². The predicted octanol–water partition coefficient (Wildman–Crippen LogP) is 5.44. The van der Waals surface area contributed by atoms with Crippen LogP contribution in [0.4, 0.5) is 4.79 Å². The van der Waals surface area contributed by atoms with Crippen LogP contribution in [0.2, 0.25) is 0 Å². The van der Waals surface area contributed by atoms with E-state index in [-0.39, 0.29) is 49.3 Å². The Morgan fingerprint density at radius 2 is 1.50 bits per heavy atom. The molecule has 0 aliphatic heterocycles. The third-order valence-electron chi connectivity index (χ3n) is 8.94. The number of benzene rings is 3. The fourth-order valence-corrected chi connectivity index (χ4v) is 6.95. The summed E-state index contributed by atoms with van der Waals surface area (Å²) in [6.07, 6.45) is 1.84. The topological polar surface area (TPSA) is 95.9 Å². The molecule has 0 aromatic heterocycles. The first-order valence-electron chi connectivity index (χ1n) is 14.1. The van der Waals surface area contributed by atoms with Crippen LogP contribution < -0.4 is 5.32 Å². The van der Waals surface area contributed by atoms with Gasteiger partial charge in [0.25, 0.3) is 0 Å². The zero-order valence-corrected chi connectivity index (χ0v) is 22.4. The molecule has 206 valence electrons. The molecule has 0 heterocycles. The molecule has 2 amide bonds. The van der Waals surface area contributed by atoms with E-state index in [0.29, 0.717) is 18.9 Å². The first kappa shape index (κ1) is 26.1. The molecule has 7 heteroatoms. The van der Waals surface area contributed by atoms with Crippen molar-refractivity contribution in [1.29, 1.82) is 0 Å². The number of hydrogen-bond donors (Lipinski definition) is 2. The van der Waals surface area contributed by atoms with E-state index in [9.17, 15) is 19.5 Å². The van der Waals surface area contributed by atoms with Gasteiger partial charge in [0.2, 0.25) is 5.91 Å². The summed E-state index contributed by atoms with van der Waals surface area (Å²) in [5.74, 6) is -0.397. The van der Waals surface area contributed by atoms with Gasteiger partial charge in [0.15, 0.2) is 0 Å². The average Bonchev–Trinajstić information content (AvgIpc) is 3.47. The second-order valence-electron chi connectivity index (χ2n) is 11.3. The summed E-state index contributed by atoms with van der Waals surface area (Å²) in [6.45, 7) is 0.871. The van der Waals surface area contributed by atoms with Crippen LogP contribution in [-0.4, -0.2) is 47.2 Å². The minimum Gasteiger partial charge on any atom is -0.481 e. The molecule has 3 aliphatic carbocycles. The van der Waals surface area contributed by atoms with Gasteiger partial charge in [-0.1, -0.05) is 78.9 Å². The van der Waals surface area contributed by atoms with E-state index >= 15 is 0 Å². The number of ether oxygens (including phenoxy) is 1. The number of nitrogens with zero attached hydrogens (tertiary/aromatic N) is 1. The number of rotatable bonds is 9. The molecule has 40 heavy (non-hydrogen) atoms. The highest BCUT2D eigenvalue weighted by atomic mass is 16.5. The highest BCUT2D eigenvalue weighted by molar-refractivity contribution is 5.80. The van der Waals surface area contributed by atoms with Gasteiger partial charge in [0, 0.05) is 31.0 Å². The number of amides is 2. The van der Waals surface area contributed by atoms with Gasteiger partial charge >= 0.3 is 12.1 Å². The molecule has 1 unspecified atom stereocenters. The molecular formula is C33H34N2O5. The van der Waals surface area contributed by atoms with Gasteiger partial charge in [-0.15, -0.1) is 0 Å². The number of carboxylic acids is 1. The highest BCUT2D eigenvalue weighted by Crippen LogP contribution is 2.50. The average molecular weight is 539 g/mol. The lowest BCUT2D eigenvalue weighted by Crippen LogP contribution is -2.50. The summed E-state index contributed by atoms with van der Waals surface area (Å²) in [5.41, 5.74) is 5.73. The zero-order valence-electron chi connectivity index (χ0n) is 22.4. The number of carboxylic acid groups (broad SMARTS) is 1. The molecule has 3 aromatic rings. The van der Waals surface area contributed by atoms with E-state index in [1.165, 1.54) is 22.3 Å². The number of alkyl carbamates (subject to hydrolysis) is 1. The summed E-state index contributed by atoms with van der Waals surface area (Å²) in [7, 11) is 0. The summed E-state index contributed by atoms with van der Waals surface area (Å²) < 4.78 is 5.75. The second-order valence-corrected chi connectivity index (χ2v) is 11.3.